The van der Waals surface area contributed by atoms with E-state index in [9.17, 15) is 0 Å². The summed E-state index contributed by atoms with van der Waals surface area (Å²) in [6.45, 7) is 3.03. The zero-order chi connectivity index (χ0) is 12.3. The Morgan fingerprint density at radius 2 is 2.29 bits per heavy atom. The van der Waals surface area contributed by atoms with Crippen LogP contribution in [-0.4, -0.2) is 14.8 Å². The van der Waals surface area contributed by atoms with Gasteiger partial charge in [0, 0.05) is 6.54 Å². The first-order chi connectivity index (χ1) is 8.22. The van der Waals surface area contributed by atoms with Gasteiger partial charge in [-0.15, -0.1) is 0 Å². The van der Waals surface area contributed by atoms with Crippen molar-refractivity contribution in [3.8, 4) is 5.75 Å². The molecule has 1 heterocycles. The van der Waals surface area contributed by atoms with E-state index in [0.29, 0.717) is 23.1 Å². The number of halogens is 1. The van der Waals surface area contributed by atoms with Crippen molar-refractivity contribution in [2.24, 2.45) is 0 Å². The lowest BCUT2D eigenvalue weighted by atomic mass is 10.3. The Morgan fingerprint density at radius 3 is 3.00 bits per heavy atom. The number of hydrogen-bond donors (Lipinski definition) is 1. The number of nitrogens with zero attached hydrogens (tertiary/aromatic N) is 3. The fourth-order valence-electron chi connectivity index (χ4n) is 1.48. The molecule has 0 aliphatic heterocycles. The molecule has 1 aromatic heterocycles. The number of aryl methyl sites for hydroxylation is 1. The third-order valence-electron chi connectivity index (χ3n) is 2.34. The highest BCUT2D eigenvalue weighted by Crippen LogP contribution is 2.30. The van der Waals surface area contributed by atoms with Crippen molar-refractivity contribution in [1.29, 1.82) is 0 Å². The molecule has 0 spiro atoms. The quantitative estimate of drug-likeness (QED) is 0.847. The molecule has 0 unspecified atom stereocenters. The Bertz CT molecular complexity index is 492. The Labute approximate surface area is 104 Å². The van der Waals surface area contributed by atoms with Crippen molar-refractivity contribution < 1.29 is 4.74 Å². The van der Waals surface area contributed by atoms with Gasteiger partial charge in [-0.05, 0) is 19.1 Å². The monoisotopic (exact) mass is 252 g/mol. The molecular weight excluding hydrogens is 240 g/mol. The normalized spacial score (nSPS) is 10.5. The SMILES string of the molecule is CCn1ncnc1COc1c(N)cccc1Cl. The van der Waals surface area contributed by atoms with E-state index < -0.39 is 0 Å². The lowest BCUT2D eigenvalue weighted by Gasteiger charge is -2.10. The number of rotatable bonds is 4. The molecule has 0 bridgehead atoms. The number of nitrogens with two attached hydrogens (primary N) is 1. The molecule has 2 N–H and O–H groups in total. The van der Waals surface area contributed by atoms with Gasteiger partial charge in [-0.2, -0.15) is 5.10 Å². The summed E-state index contributed by atoms with van der Waals surface area (Å²) in [4.78, 5) is 4.10. The minimum Gasteiger partial charge on any atom is -0.482 e. The highest BCUT2D eigenvalue weighted by atomic mass is 35.5. The highest BCUT2D eigenvalue weighted by Gasteiger charge is 2.08. The Kier molecular flexibility index (Phi) is 3.49. The lowest BCUT2D eigenvalue weighted by molar-refractivity contribution is 0.289. The van der Waals surface area contributed by atoms with Crippen molar-refractivity contribution in [3.63, 3.8) is 0 Å². The van der Waals surface area contributed by atoms with Gasteiger partial charge in [0.15, 0.2) is 11.6 Å². The van der Waals surface area contributed by atoms with Crippen LogP contribution in [0.5, 0.6) is 5.75 Å². The zero-order valence-electron chi connectivity index (χ0n) is 9.43. The van der Waals surface area contributed by atoms with Crippen molar-refractivity contribution in [2.45, 2.75) is 20.1 Å². The van der Waals surface area contributed by atoms with Crippen LogP contribution in [-0.2, 0) is 13.2 Å². The van der Waals surface area contributed by atoms with Crippen molar-refractivity contribution >= 4 is 17.3 Å². The fraction of sp³-hybridized carbons (Fsp3) is 0.273. The van der Waals surface area contributed by atoms with Crippen LogP contribution in [0, 0.1) is 0 Å². The maximum absolute atomic E-state index is 6.00. The minimum atomic E-state index is 0.293. The maximum atomic E-state index is 6.00. The average molecular weight is 253 g/mol. The zero-order valence-corrected chi connectivity index (χ0v) is 10.2. The molecule has 0 radical (unpaired) electrons. The summed E-state index contributed by atoms with van der Waals surface area (Å²) in [5.41, 5.74) is 6.29. The molecule has 0 fully saturated rings. The summed E-state index contributed by atoms with van der Waals surface area (Å²) in [7, 11) is 0. The molecule has 0 saturated heterocycles. The van der Waals surface area contributed by atoms with Crippen LogP contribution in [0.2, 0.25) is 5.02 Å². The van der Waals surface area contributed by atoms with E-state index in [1.807, 2.05) is 6.92 Å². The number of hydrogen-bond acceptors (Lipinski definition) is 4. The summed E-state index contributed by atoms with van der Waals surface area (Å²) in [6.07, 6.45) is 1.50. The second-order valence-electron chi connectivity index (χ2n) is 3.44. The first kappa shape index (κ1) is 11.7. The molecule has 2 rings (SSSR count). The Morgan fingerprint density at radius 1 is 1.47 bits per heavy atom. The van der Waals surface area contributed by atoms with E-state index in [4.69, 9.17) is 22.1 Å². The molecule has 0 aliphatic carbocycles. The van der Waals surface area contributed by atoms with E-state index in [1.165, 1.54) is 6.33 Å². The Hall–Kier alpha value is -1.75. The largest absolute Gasteiger partial charge is 0.482 e. The first-order valence-corrected chi connectivity index (χ1v) is 5.63. The number of nitrogen functional groups attached to an aromatic ring is 1. The highest BCUT2D eigenvalue weighted by molar-refractivity contribution is 6.32. The van der Waals surface area contributed by atoms with Gasteiger partial charge in [0.25, 0.3) is 0 Å². The van der Waals surface area contributed by atoms with E-state index in [1.54, 1.807) is 22.9 Å². The van der Waals surface area contributed by atoms with E-state index in [0.717, 1.165) is 12.4 Å². The summed E-state index contributed by atoms with van der Waals surface area (Å²) in [5.74, 6) is 1.23. The molecule has 0 saturated carbocycles. The minimum absolute atomic E-state index is 0.293. The van der Waals surface area contributed by atoms with Gasteiger partial charge in [-0.1, -0.05) is 17.7 Å². The third kappa shape index (κ3) is 2.50. The van der Waals surface area contributed by atoms with E-state index in [2.05, 4.69) is 10.1 Å². The number of anilines is 1. The van der Waals surface area contributed by atoms with Gasteiger partial charge in [0.05, 0.1) is 10.7 Å². The summed E-state index contributed by atoms with van der Waals surface area (Å²) in [5, 5.41) is 4.55. The van der Waals surface area contributed by atoms with Crippen LogP contribution in [0.25, 0.3) is 0 Å². The van der Waals surface area contributed by atoms with Gasteiger partial charge in [0.1, 0.15) is 12.9 Å². The summed E-state index contributed by atoms with van der Waals surface area (Å²) >= 11 is 6.00. The molecule has 5 nitrogen and oxygen atoms in total. The first-order valence-electron chi connectivity index (χ1n) is 5.25. The number of aromatic nitrogens is 3. The third-order valence-corrected chi connectivity index (χ3v) is 2.64. The van der Waals surface area contributed by atoms with Crippen LogP contribution in [0.1, 0.15) is 12.7 Å². The number of para-hydroxylation sites is 1. The van der Waals surface area contributed by atoms with Gasteiger partial charge in [-0.3, -0.25) is 0 Å². The number of benzene rings is 1. The molecule has 2 aromatic rings. The topological polar surface area (TPSA) is 66.0 Å². The van der Waals surface area contributed by atoms with Crippen LogP contribution < -0.4 is 10.5 Å². The second-order valence-corrected chi connectivity index (χ2v) is 3.85. The van der Waals surface area contributed by atoms with Crippen LogP contribution in [0.4, 0.5) is 5.69 Å². The molecule has 6 heteroatoms. The van der Waals surface area contributed by atoms with E-state index in [-0.39, 0.29) is 0 Å². The lowest BCUT2D eigenvalue weighted by Crippen LogP contribution is -2.08. The van der Waals surface area contributed by atoms with Gasteiger partial charge in [0.2, 0.25) is 0 Å². The Balaban J connectivity index is 2.13. The molecule has 17 heavy (non-hydrogen) atoms. The molecule has 1 aromatic carbocycles. The smallest absolute Gasteiger partial charge is 0.164 e. The van der Waals surface area contributed by atoms with Crippen LogP contribution >= 0.6 is 11.6 Å². The predicted molar refractivity (Wildman–Crippen MR) is 65.9 cm³/mol. The van der Waals surface area contributed by atoms with Gasteiger partial charge >= 0.3 is 0 Å². The molecular formula is C11H13ClN4O. The molecule has 0 amide bonds. The standard InChI is InChI=1S/C11H13ClN4O/c1-2-16-10(14-7-15-16)6-17-11-8(12)4-3-5-9(11)13/h3-5,7H,2,6,13H2,1H3. The van der Waals surface area contributed by atoms with Gasteiger partial charge in [-0.25, -0.2) is 9.67 Å². The summed E-state index contributed by atoms with van der Waals surface area (Å²) in [6, 6.07) is 5.25. The summed E-state index contributed by atoms with van der Waals surface area (Å²) < 4.78 is 7.33. The molecule has 0 aliphatic rings. The van der Waals surface area contributed by atoms with Crippen molar-refractivity contribution in [1.82, 2.24) is 14.8 Å². The van der Waals surface area contributed by atoms with E-state index >= 15 is 0 Å². The average Bonchev–Trinajstić information content (AvgIpc) is 2.76. The second kappa shape index (κ2) is 5.05. The van der Waals surface area contributed by atoms with Crippen molar-refractivity contribution in [3.05, 3.63) is 35.4 Å². The molecule has 90 valence electrons. The van der Waals surface area contributed by atoms with Crippen LogP contribution in [0.15, 0.2) is 24.5 Å². The van der Waals surface area contributed by atoms with Crippen molar-refractivity contribution in [2.75, 3.05) is 5.73 Å². The predicted octanol–water partition coefficient (Wildman–Crippen LogP) is 2.11. The van der Waals surface area contributed by atoms with Gasteiger partial charge < -0.3 is 10.5 Å². The number of ether oxygens (including phenoxy) is 1. The maximum Gasteiger partial charge on any atom is 0.164 e. The molecule has 0 atom stereocenters. The fourth-order valence-corrected chi connectivity index (χ4v) is 1.71. The van der Waals surface area contributed by atoms with Crippen LogP contribution in [0.3, 0.4) is 0 Å².